The van der Waals surface area contributed by atoms with Crippen molar-refractivity contribution >= 4 is 43.9 Å². The van der Waals surface area contributed by atoms with Crippen LogP contribution < -0.4 is 0 Å². The molecule has 223 valence electrons. The number of nitrogens with zero attached hydrogens (tertiary/aromatic N) is 6. The van der Waals surface area contributed by atoms with Gasteiger partial charge < -0.3 is 14.0 Å². The summed E-state index contributed by atoms with van der Waals surface area (Å²) < 4.78 is 30.2. The van der Waals surface area contributed by atoms with Crippen LogP contribution in [0.5, 0.6) is 0 Å². The largest absolute Gasteiger partial charge is 0.500 e. The number of aryl methyl sites for hydroxylation is 1. The molecule has 0 saturated carbocycles. The Morgan fingerprint density at radius 1 is 0.739 bits per heavy atom. The molecule has 0 aliphatic rings. The van der Waals surface area contributed by atoms with Gasteiger partial charge in [0.1, 0.15) is 11.1 Å². The van der Waals surface area contributed by atoms with Crippen molar-refractivity contribution in [3.63, 3.8) is 0 Å². The molecule has 0 amide bonds. The third-order valence-corrected chi connectivity index (χ3v) is 7.57. The van der Waals surface area contributed by atoms with Crippen LogP contribution in [0.2, 0.25) is 0 Å². The Labute approximate surface area is 282 Å². The molecule has 8 heteroatoms. The van der Waals surface area contributed by atoms with E-state index in [9.17, 15) is 0 Å². The smallest absolute Gasteiger partial charge is 0.194 e. The number of furan rings is 1. The summed E-state index contributed by atoms with van der Waals surface area (Å²) in [6, 6.07) is 43.6. The van der Waals surface area contributed by atoms with Gasteiger partial charge in [-0.25, -0.2) is 0 Å². The normalized spacial score (nSPS) is 12.2. The van der Waals surface area contributed by atoms with Gasteiger partial charge in [-0.3, -0.25) is 4.98 Å². The van der Waals surface area contributed by atoms with E-state index in [0.29, 0.717) is 11.5 Å². The van der Waals surface area contributed by atoms with Gasteiger partial charge in [-0.15, -0.1) is 64.3 Å². The molecule has 0 saturated heterocycles. The van der Waals surface area contributed by atoms with Gasteiger partial charge in [-0.05, 0) is 40.8 Å². The third kappa shape index (κ3) is 5.24. The Balaban J connectivity index is 0.000000189. The van der Waals surface area contributed by atoms with E-state index in [0.717, 1.165) is 60.7 Å². The number of para-hydroxylation sites is 1. The van der Waals surface area contributed by atoms with Gasteiger partial charge in [0.05, 0.1) is 17.6 Å². The Hall–Kier alpha value is -5.56. The van der Waals surface area contributed by atoms with Crippen LogP contribution in [-0.4, -0.2) is 29.9 Å². The molecular formula is C38H24IrN6O-2. The van der Waals surface area contributed by atoms with E-state index >= 15 is 0 Å². The maximum Gasteiger partial charge on any atom is 0.194 e. The van der Waals surface area contributed by atoms with Crippen LogP contribution in [0, 0.1) is 19.0 Å². The first kappa shape index (κ1) is 25.7. The molecule has 0 bridgehead atoms. The van der Waals surface area contributed by atoms with Crippen LogP contribution >= 0.6 is 0 Å². The number of hydrogen-bond acceptors (Lipinski definition) is 6. The fraction of sp³-hybridized carbons (Fsp3) is 0.0263. The quantitative estimate of drug-likeness (QED) is 0.167. The predicted molar refractivity (Wildman–Crippen MR) is 177 cm³/mol. The first-order chi connectivity index (χ1) is 23.5. The van der Waals surface area contributed by atoms with Crippen LogP contribution in [-0.2, 0) is 20.1 Å². The molecule has 0 N–H and O–H groups in total. The molecule has 0 fully saturated rings. The number of pyridine rings is 1. The summed E-state index contributed by atoms with van der Waals surface area (Å²) in [5, 5.41) is 16.2. The second-order valence-corrected chi connectivity index (χ2v) is 10.3. The SMILES string of the molecule is [2H]C([2H])([2H])c1ccc(-c2[c-]cccc2)nc1.[Ir].[c-]1ccc2c(oc3c4ccccc4ccc23)c1-c1nc2nnncc2n1-c1ccccc1. The number of benzene rings is 5. The van der Waals surface area contributed by atoms with E-state index in [4.69, 9.17) is 13.5 Å². The van der Waals surface area contributed by atoms with Crippen molar-refractivity contribution < 1.29 is 28.6 Å². The zero-order valence-electron chi connectivity index (χ0n) is 27.0. The van der Waals surface area contributed by atoms with Crippen LogP contribution in [0.4, 0.5) is 0 Å². The summed E-state index contributed by atoms with van der Waals surface area (Å²) in [4.78, 5) is 8.92. The molecule has 9 aromatic rings. The minimum Gasteiger partial charge on any atom is -0.500 e. The Bertz CT molecular complexity index is 2550. The fourth-order valence-corrected chi connectivity index (χ4v) is 5.51. The van der Waals surface area contributed by atoms with Crippen LogP contribution in [0.25, 0.3) is 72.2 Å². The average molecular weight is 776 g/mol. The maximum atomic E-state index is 7.23. The topological polar surface area (TPSA) is 82.5 Å². The molecule has 0 aliphatic heterocycles. The van der Waals surface area contributed by atoms with Gasteiger partial charge in [0, 0.05) is 46.9 Å². The minimum atomic E-state index is -2.09. The van der Waals surface area contributed by atoms with E-state index in [1.807, 2.05) is 77.4 Å². The summed E-state index contributed by atoms with van der Waals surface area (Å²) >= 11 is 0. The molecule has 7 nitrogen and oxygen atoms in total. The standard InChI is InChI=1S/C26H14N5O.C12H10N.Ir/c1-2-8-17(9-3-1)31-22-15-27-30-29-25(22)28-26(31)21-12-6-11-19-20-14-13-16-7-4-5-10-18(16)23(20)32-24(19)21;1-10-7-8-12(13-9-10)11-5-3-2-4-6-11;/h1-11,13-15H;2-5,7-9H,1H3;/q2*-1;/i;1D3;. The molecule has 4 aromatic heterocycles. The van der Waals surface area contributed by atoms with E-state index in [1.165, 1.54) is 6.20 Å². The van der Waals surface area contributed by atoms with E-state index in [-0.39, 0.29) is 25.7 Å². The molecule has 5 aromatic carbocycles. The van der Waals surface area contributed by atoms with E-state index in [2.05, 4.69) is 56.8 Å². The second kappa shape index (κ2) is 12.4. The number of rotatable bonds is 3. The van der Waals surface area contributed by atoms with Crippen LogP contribution in [0.3, 0.4) is 0 Å². The van der Waals surface area contributed by atoms with Crippen LogP contribution in [0.15, 0.2) is 132 Å². The average Bonchev–Trinajstić information content (AvgIpc) is 3.72. The molecule has 0 atom stereocenters. The number of hydrogen-bond donors (Lipinski definition) is 0. The second-order valence-electron chi connectivity index (χ2n) is 10.3. The van der Waals surface area contributed by atoms with Gasteiger partial charge in [0.25, 0.3) is 0 Å². The van der Waals surface area contributed by atoms with Crippen molar-refractivity contribution in [1.29, 1.82) is 0 Å². The van der Waals surface area contributed by atoms with Gasteiger partial charge in [-0.2, -0.15) is 0 Å². The molecule has 46 heavy (non-hydrogen) atoms. The van der Waals surface area contributed by atoms with Crippen molar-refractivity contribution in [2.24, 2.45) is 0 Å². The van der Waals surface area contributed by atoms with Crippen molar-refractivity contribution in [3.05, 3.63) is 145 Å². The molecule has 4 heterocycles. The molecular weight excluding hydrogens is 749 g/mol. The zero-order valence-corrected chi connectivity index (χ0v) is 26.4. The maximum absolute atomic E-state index is 7.23. The predicted octanol–water partition coefficient (Wildman–Crippen LogP) is 8.59. The molecule has 0 aliphatic carbocycles. The summed E-state index contributed by atoms with van der Waals surface area (Å²) in [7, 11) is 0. The summed E-state index contributed by atoms with van der Waals surface area (Å²) in [5.74, 6) is 0.683. The monoisotopic (exact) mass is 776 g/mol. The first-order valence-electron chi connectivity index (χ1n) is 15.8. The number of aromatic nitrogens is 6. The van der Waals surface area contributed by atoms with Gasteiger partial charge >= 0.3 is 0 Å². The number of fused-ring (bicyclic) bond motifs is 6. The zero-order chi connectivity index (χ0) is 32.7. The van der Waals surface area contributed by atoms with Crippen molar-refractivity contribution in [2.45, 2.75) is 6.85 Å². The number of imidazole rings is 1. The summed E-state index contributed by atoms with van der Waals surface area (Å²) in [6.45, 7) is -2.09. The molecule has 0 unspecified atom stereocenters. The Kier molecular flexibility index (Phi) is 6.96. The Morgan fingerprint density at radius 2 is 1.59 bits per heavy atom. The van der Waals surface area contributed by atoms with Gasteiger partial charge in [0.15, 0.2) is 5.65 Å². The Morgan fingerprint density at radius 3 is 2.41 bits per heavy atom. The van der Waals surface area contributed by atoms with Crippen molar-refractivity contribution in [2.75, 3.05) is 0 Å². The molecule has 0 spiro atoms. The van der Waals surface area contributed by atoms with Gasteiger partial charge in [-0.1, -0.05) is 77.7 Å². The van der Waals surface area contributed by atoms with Crippen LogP contribution in [0.1, 0.15) is 9.68 Å². The fourth-order valence-electron chi connectivity index (χ4n) is 5.51. The third-order valence-electron chi connectivity index (χ3n) is 7.57. The first-order valence-corrected chi connectivity index (χ1v) is 14.3. The molecule has 9 rings (SSSR count). The van der Waals surface area contributed by atoms with Gasteiger partial charge in [0.2, 0.25) is 0 Å². The minimum absolute atomic E-state index is 0. The van der Waals surface area contributed by atoms with Crippen molar-refractivity contribution in [3.8, 4) is 28.3 Å². The van der Waals surface area contributed by atoms with Crippen molar-refractivity contribution in [1.82, 2.24) is 29.9 Å². The van der Waals surface area contributed by atoms with E-state index in [1.54, 1.807) is 24.4 Å². The molecule has 1 radical (unpaired) electrons. The summed E-state index contributed by atoms with van der Waals surface area (Å²) in [6.07, 6.45) is 3.07. The van der Waals surface area contributed by atoms with E-state index < -0.39 is 6.85 Å². The summed E-state index contributed by atoms with van der Waals surface area (Å²) in [5.41, 5.74) is 6.46.